The van der Waals surface area contributed by atoms with Crippen LogP contribution in [0.2, 0.25) is 0 Å². The standard InChI is InChI=1S/C16H26FN3O/c1-10(2)15(11(3)4)9-19-8-12-5-13(16(18)20-21)7-14(17)6-12/h5-7,10-11,15,19,21H,8-9H2,1-4H3,(H2,18,20). The predicted molar refractivity (Wildman–Crippen MR) is 83.8 cm³/mol. The van der Waals surface area contributed by atoms with Gasteiger partial charge >= 0.3 is 0 Å². The lowest BCUT2D eigenvalue weighted by molar-refractivity contribution is 0.275. The number of hydrogen-bond donors (Lipinski definition) is 3. The Morgan fingerprint density at radius 1 is 1.24 bits per heavy atom. The maximum absolute atomic E-state index is 13.5. The van der Waals surface area contributed by atoms with Gasteiger partial charge in [0.2, 0.25) is 0 Å². The van der Waals surface area contributed by atoms with E-state index in [9.17, 15) is 4.39 Å². The van der Waals surface area contributed by atoms with Crippen LogP contribution < -0.4 is 11.1 Å². The van der Waals surface area contributed by atoms with Crippen LogP contribution in [0, 0.1) is 23.6 Å². The van der Waals surface area contributed by atoms with Crippen molar-refractivity contribution in [3.05, 3.63) is 35.1 Å². The zero-order valence-corrected chi connectivity index (χ0v) is 13.2. The van der Waals surface area contributed by atoms with E-state index < -0.39 is 0 Å². The molecule has 0 radical (unpaired) electrons. The quantitative estimate of drug-likeness (QED) is 0.313. The number of oxime groups is 1. The summed E-state index contributed by atoms with van der Waals surface area (Å²) in [6.07, 6.45) is 0. The van der Waals surface area contributed by atoms with Crippen molar-refractivity contribution in [1.82, 2.24) is 5.32 Å². The Balaban J connectivity index is 2.69. The Hall–Kier alpha value is -1.62. The van der Waals surface area contributed by atoms with Gasteiger partial charge in [0.25, 0.3) is 0 Å². The van der Waals surface area contributed by atoms with Gasteiger partial charge in [0.15, 0.2) is 5.84 Å². The number of halogens is 1. The van der Waals surface area contributed by atoms with E-state index in [4.69, 9.17) is 10.9 Å². The summed E-state index contributed by atoms with van der Waals surface area (Å²) >= 11 is 0. The van der Waals surface area contributed by atoms with Crippen molar-refractivity contribution in [1.29, 1.82) is 0 Å². The van der Waals surface area contributed by atoms with Crippen molar-refractivity contribution >= 4 is 5.84 Å². The summed E-state index contributed by atoms with van der Waals surface area (Å²) in [4.78, 5) is 0. The van der Waals surface area contributed by atoms with Crippen LogP contribution >= 0.6 is 0 Å². The number of nitrogens with zero attached hydrogens (tertiary/aromatic N) is 1. The highest BCUT2D eigenvalue weighted by Crippen LogP contribution is 2.19. The summed E-state index contributed by atoms with van der Waals surface area (Å²) in [6.45, 7) is 10.3. The second-order valence-corrected chi connectivity index (χ2v) is 6.12. The van der Waals surface area contributed by atoms with Gasteiger partial charge in [-0.05, 0) is 48.1 Å². The molecule has 0 unspecified atom stereocenters. The van der Waals surface area contributed by atoms with Gasteiger partial charge in [0, 0.05) is 12.1 Å². The molecule has 0 heterocycles. The second kappa shape index (κ2) is 7.98. The van der Waals surface area contributed by atoms with Crippen LogP contribution in [0.4, 0.5) is 4.39 Å². The highest BCUT2D eigenvalue weighted by Gasteiger charge is 2.16. The van der Waals surface area contributed by atoms with Gasteiger partial charge in [-0.2, -0.15) is 0 Å². The highest BCUT2D eigenvalue weighted by atomic mass is 19.1. The van der Waals surface area contributed by atoms with Crippen molar-refractivity contribution < 1.29 is 9.60 Å². The first kappa shape index (κ1) is 17.4. The molecule has 21 heavy (non-hydrogen) atoms. The fourth-order valence-electron chi connectivity index (χ4n) is 2.58. The van der Waals surface area contributed by atoms with E-state index in [2.05, 4.69) is 38.2 Å². The molecule has 1 aromatic carbocycles. The van der Waals surface area contributed by atoms with E-state index in [1.807, 2.05) is 0 Å². The maximum Gasteiger partial charge on any atom is 0.170 e. The number of nitrogens with one attached hydrogen (secondary N) is 1. The minimum Gasteiger partial charge on any atom is -0.409 e. The molecule has 0 atom stereocenters. The third-order valence-corrected chi connectivity index (χ3v) is 3.78. The smallest absolute Gasteiger partial charge is 0.170 e. The van der Waals surface area contributed by atoms with Gasteiger partial charge in [-0.25, -0.2) is 4.39 Å². The number of hydrogen-bond acceptors (Lipinski definition) is 3. The van der Waals surface area contributed by atoms with Gasteiger partial charge in [0.05, 0.1) is 0 Å². The van der Waals surface area contributed by atoms with Gasteiger partial charge in [-0.3, -0.25) is 0 Å². The van der Waals surface area contributed by atoms with E-state index in [1.165, 1.54) is 12.1 Å². The maximum atomic E-state index is 13.5. The summed E-state index contributed by atoms with van der Waals surface area (Å²) in [5.41, 5.74) is 6.67. The molecule has 4 nitrogen and oxygen atoms in total. The molecule has 0 aliphatic rings. The summed E-state index contributed by atoms with van der Waals surface area (Å²) in [5, 5.41) is 14.9. The monoisotopic (exact) mass is 295 g/mol. The van der Waals surface area contributed by atoms with Gasteiger partial charge in [-0.1, -0.05) is 32.9 Å². The van der Waals surface area contributed by atoms with E-state index in [0.717, 1.165) is 12.1 Å². The molecule has 0 amide bonds. The minimum absolute atomic E-state index is 0.0852. The SMILES string of the molecule is CC(C)C(CNCc1cc(F)cc(/C(N)=N/O)c1)C(C)C. The lowest BCUT2D eigenvalue weighted by Gasteiger charge is -2.25. The van der Waals surface area contributed by atoms with Crippen LogP contribution in [0.1, 0.15) is 38.8 Å². The third-order valence-electron chi connectivity index (χ3n) is 3.78. The fourth-order valence-corrected chi connectivity index (χ4v) is 2.58. The van der Waals surface area contributed by atoms with E-state index >= 15 is 0 Å². The molecule has 0 fully saturated rings. The van der Waals surface area contributed by atoms with Crippen molar-refractivity contribution in [2.24, 2.45) is 28.6 Å². The average molecular weight is 295 g/mol. The van der Waals surface area contributed by atoms with Gasteiger partial charge in [0.1, 0.15) is 5.82 Å². The normalized spacial score (nSPS) is 12.7. The predicted octanol–water partition coefficient (Wildman–Crippen LogP) is 2.94. The molecular formula is C16H26FN3O. The molecule has 0 spiro atoms. The largest absolute Gasteiger partial charge is 0.409 e. The molecule has 1 aromatic rings. The van der Waals surface area contributed by atoms with E-state index in [1.54, 1.807) is 6.07 Å². The Morgan fingerprint density at radius 3 is 2.38 bits per heavy atom. The molecule has 0 bridgehead atoms. The summed E-state index contributed by atoms with van der Waals surface area (Å²) < 4.78 is 13.5. The second-order valence-electron chi connectivity index (χ2n) is 6.12. The summed E-state index contributed by atoms with van der Waals surface area (Å²) in [5.74, 6) is 1.29. The van der Waals surface area contributed by atoms with Gasteiger partial charge in [-0.15, -0.1) is 0 Å². The molecule has 0 aliphatic carbocycles. The Bertz CT molecular complexity index is 478. The Labute approximate surface area is 126 Å². The zero-order valence-electron chi connectivity index (χ0n) is 13.2. The van der Waals surface area contributed by atoms with E-state index in [-0.39, 0.29) is 11.7 Å². The first-order valence-corrected chi connectivity index (χ1v) is 7.33. The van der Waals surface area contributed by atoms with Crippen molar-refractivity contribution in [3.63, 3.8) is 0 Å². The first-order chi connectivity index (χ1) is 9.85. The molecule has 1 rings (SSSR count). The summed E-state index contributed by atoms with van der Waals surface area (Å²) in [7, 11) is 0. The molecular weight excluding hydrogens is 269 g/mol. The van der Waals surface area contributed by atoms with E-state index in [0.29, 0.717) is 29.9 Å². The first-order valence-electron chi connectivity index (χ1n) is 7.33. The van der Waals surface area contributed by atoms with Crippen molar-refractivity contribution in [2.45, 2.75) is 34.2 Å². The fraction of sp³-hybridized carbons (Fsp3) is 0.562. The number of amidine groups is 1. The van der Waals surface area contributed by atoms with Gasteiger partial charge < -0.3 is 16.3 Å². The number of benzene rings is 1. The molecule has 0 aliphatic heterocycles. The highest BCUT2D eigenvalue weighted by molar-refractivity contribution is 5.97. The van der Waals surface area contributed by atoms with Crippen molar-refractivity contribution in [2.75, 3.05) is 6.54 Å². The Morgan fingerprint density at radius 2 is 1.86 bits per heavy atom. The number of nitrogens with two attached hydrogens (primary N) is 1. The summed E-state index contributed by atoms with van der Waals surface area (Å²) in [6, 6.07) is 4.44. The van der Waals surface area contributed by atoms with Crippen LogP contribution in [-0.2, 0) is 6.54 Å². The number of rotatable bonds is 7. The van der Waals surface area contributed by atoms with Crippen LogP contribution in [0.15, 0.2) is 23.4 Å². The third kappa shape index (κ3) is 5.34. The molecule has 4 N–H and O–H groups in total. The minimum atomic E-state index is -0.389. The molecule has 0 saturated heterocycles. The lowest BCUT2D eigenvalue weighted by atomic mass is 9.85. The Kier molecular flexibility index (Phi) is 6.62. The molecule has 118 valence electrons. The lowest BCUT2D eigenvalue weighted by Crippen LogP contribution is -2.29. The van der Waals surface area contributed by atoms with Crippen molar-refractivity contribution in [3.8, 4) is 0 Å². The van der Waals surface area contributed by atoms with Crippen LogP contribution in [0.3, 0.4) is 0 Å². The molecule has 0 aromatic heterocycles. The average Bonchev–Trinajstić information content (AvgIpc) is 2.41. The van der Waals surface area contributed by atoms with Crippen LogP contribution in [0.5, 0.6) is 0 Å². The molecule has 5 heteroatoms. The topological polar surface area (TPSA) is 70.6 Å². The van der Waals surface area contributed by atoms with Crippen LogP contribution in [0.25, 0.3) is 0 Å². The zero-order chi connectivity index (χ0) is 16.0. The van der Waals surface area contributed by atoms with Crippen LogP contribution in [-0.4, -0.2) is 17.6 Å². The molecule has 0 saturated carbocycles.